The highest BCUT2D eigenvalue weighted by molar-refractivity contribution is 9.10. The maximum Gasteiger partial charge on any atom is 0.232 e. The second-order valence-electron chi connectivity index (χ2n) is 2.22. The van der Waals surface area contributed by atoms with Crippen LogP contribution in [0.5, 0.6) is 5.88 Å². The molecule has 0 aromatic carbocycles. The third-order valence-corrected chi connectivity index (χ3v) is 1.95. The minimum absolute atomic E-state index is 0.0937. The van der Waals surface area contributed by atoms with Crippen molar-refractivity contribution in [1.29, 1.82) is 0 Å². The molecule has 1 N–H and O–H groups in total. The molecule has 0 saturated carbocycles. The lowest BCUT2D eigenvalue weighted by Crippen LogP contribution is -2.02. The summed E-state index contributed by atoms with van der Waals surface area (Å²) in [6, 6.07) is 0. The summed E-state index contributed by atoms with van der Waals surface area (Å²) >= 11 is 8.77. The van der Waals surface area contributed by atoms with Crippen LogP contribution < -0.4 is 4.74 Å². The fraction of sp³-hybridized carbons (Fsp3) is 0.429. The van der Waals surface area contributed by atoms with Gasteiger partial charge in [-0.1, -0.05) is 0 Å². The van der Waals surface area contributed by atoms with Gasteiger partial charge in [-0.25, -0.2) is 4.98 Å². The molecule has 13 heavy (non-hydrogen) atoms. The number of rotatable bonds is 4. The van der Waals surface area contributed by atoms with Gasteiger partial charge in [0.1, 0.15) is 0 Å². The molecule has 0 unspecified atom stereocenters. The van der Waals surface area contributed by atoms with Gasteiger partial charge in [0.15, 0.2) is 0 Å². The van der Waals surface area contributed by atoms with Crippen LogP contribution in [-0.2, 0) is 0 Å². The van der Waals surface area contributed by atoms with Crippen molar-refractivity contribution in [3.05, 3.63) is 16.0 Å². The van der Waals surface area contributed by atoms with Crippen LogP contribution in [0.15, 0.2) is 10.7 Å². The first-order valence-electron chi connectivity index (χ1n) is 3.65. The molecule has 1 aromatic heterocycles. The monoisotopic (exact) mass is 266 g/mol. The Bertz CT molecular complexity index is 285. The smallest absolute Gasteiger partial charge is 0.232 e. The molecule has 0 atom stereocenters. The van der Waals surface area contributed by atoms with Gasteiger partial charge >= 0.3 is 0 Å². The highest BCUT2D eigenvalue weighted by Gasteiger charge is 2.03. The van der Waals surface area contributed by atoms with Gasteiger partial charge in [-0.15, -0.1) is 0 Å². The Morgan fingerprint density at radius 2 is 2.38 bits per heavy atom. The standard InChI is InChI=1S/C7H8BrClN2O2/c8-5-4-10-7(9)11-6(5)13-3-1-2-12/h4,12H,1-3H2. The van der Waals surface area contributed by atoms with E-state index in [0.29, 0.717) is 23.4 Å². The van der Waals surface area contributed by atoms with Gasteiger partial charge in [0, 0.05) is 19.2 Å². The largest absolute Gasteiger partial charge is 0.477 e. The SMILES string of the molecule is OCCCOc1nc(Cl)ncc1Br. The number of halogens is 2. The van der Waals surface area contributed by atoms with E-state index in [4.69, 9.17) is 21.4 Å². The van der Waals surface area contributed by atoms with Gasteiger partial charge in [-0.3, -0.25) is 0 Å². The number of hydrogen-bond donors (Lipinski definition) is 1. The quantitative estimate of drug-likeness (QED) is 0.666. The first-order chi connectivity index (χ1) is 6.24. The lowest BCUT2D eigenvalue weighted by atomic mass is 10.5. The molecule has 0 aliphatic rings. The first kappa shape index (κ1) is 10.7. The molecule has 4 nitrogen and oxygen atoms in total. The second kappa shape index (κ2) is 5.36. The average Bonchev–Trinajstić information content (AvgIpc) is 2.11. The predicted molar refractivity (Wildman–Crippen MR) is 51.9 cm³/mol. The number of aliphatic hydroxyl groups is 1. The third-order valence-electron chi connectivity index (χ3n) is 1.22. The summed E-state index contributed by atoms with van der Waals surface area (Å²) in [5.41, 5.74) is 0. The molecule has 0 fully saturated rings. The maximum absolute atomic E-state index is 8.52. The molecule has 0 amide bonds. The van der Waals surface area contributed by atoms with Crippen molar-refractivity contribution in [2.45, 2.75) is 6.42 Å². The molecule has 0 aliphatic heterocycles. The zero-order chi connectivity index (χ0) is 9.68. The Labute approximate surface area is 89.0 Å². The fourth-order valence-electron chi connectivity index (χ4n) is 0.666. The van der Waals surface area contributed by atoms with E-state index in [9.17, 15) is 0 Å². The summed E-state index contributed by atoms with van der Waals surface area (Å²) in [7, 11) is 0. The van der Waals surface area contributed by atoms with Crippen LogP contribution in [0.4, 0.5) is 0 Å². The number of nitrogens with zero attached hydrogens (tertiary/aromatic N) is 2. The molecule has 1 heterocycles. The van der Waals surface area contributed by atoms with Gasteiger partial charge < -0.3 is 9.84 Å². The Kier molecular flexibility index (Phi) is 4.41. The van der Waals surface area contributed by atoms with Gasteiger partial charge in [0.25, 0.3) is 0 Å². The summed E-state index contributed by atoms with van der Waals surface area (Å²) in [6.45, 7) is 0.499. The number of aliphatic hydroxyl groups excluding tert-OH is 1. The van der Waals surface area contributed by atoms with Gasteiger partial charge in [0.2, 0.25) is 11.2 Å². The molecule has 1 rings (SSSR count). The normalized spacial score (nSPS) is 10.1. The summed E-state index contributed by atoms with van der Waals surface area (Å²) in [6.07, 6.45) is 2.08. The summed E-state index contributed by atoms with van der Waals surface area (Å²) in [4.78, 5) is 7.59. The van der Waals surface area contributed by atoms with Crippen molar-refractivity contribution in [3.63, 3.8) is 0 Å². The zero-order valence-corrected chi connectivity index (χ0v) is 9.05. The Morgan fingerprint density at radius 3 is 3.08 bits per heavy atom. The molecule has 0 spiro atoms. The third kappa shape index (κ3) is 3.46. The van der Waals surface area contributed by atoms with Crippen LogP contribution in [0.25, 0.3) is 0 Å². The van der Waals surface area contributed by atoms with E-state index < -0.39 is 0 Å². The lowest BCUT2D eigenvalue weighted by molar-refractivity contribution is 0.228. The predicted octanol–water partition coefficient (Wildman–Crippen LogP) is 1.65. The van der Waals surface area contributed by atoms with Crippen LogP contribution in [0, 0.1) is 0 Å². The van der Waals surface area contributed by atoms with E-state index in [2.05, 4.69) is 25.9 Å². The maximum atomic E-state index is 8.52. The van der Waals surface area contributed by atoms with E-state index in [1.807, 2.05) is 0 Å². The van der Waals surface area contributed by atoms with Crippen molar-refractivity contribution in [2.24, 2.45) is 0 Å². The Balaban J connectivity index is 2.59. The van der Waals surface area contributed by atoms with Gasteiger partial charge in [-0.2, -0.15) is 4.98 Å². The molecule has 6 heteroatoms. The van der Waals surface area contributed by atoms with Crippen molar-refractivity contribution < 1.29 is 9.84 Å². The molecular formula is C7H8BrClN2O2. The zero-order valence-electron chi connectivity index (χ0n) is 6.70. The minimum atomic E-state index is 0.0937. The van der Waals surface area contributed by atoms with Gasteiger partial charge in [0.05, 0.1) is 11.1 Å². The molecule has 0 aliphatic carbocycles. The number of hydrogen-bond acceptors (Lipinski definition) is 4. The summed E-state index contributed by atoms with van der Waals surface area (Å²) < 4.78 is 5.86. The highest BCUT2D eigenvalue weighted by atomic mass is 79.9. The molecule has 0 saturated heterocycles. The summed E-state index contributed by atoms with van der Waals surface area (Å²) in [5, 5.41) is 8.66. The van der Waals surface area contributed by atoms with E-state index in [-0.39, 0.29) is 11.9 Å². The molecule has 1 aromatic rings. The highest BCUT2D eigenvalue weighted by Crippen LogP contribution is 2.22. The van der Waals surface area contributed by atoms with Crippen LogP contribution >= 0.6 is 27.5 Å². The van der Waals surface area contributed by atoms with E-state index in [1.54, 1.807) is 0 Å². The molecule has 0 bridgehead atoms. The van der Waals surface area contributed by atoms with Crippen LogP contribution in [0.2, 0.25) is 5.28 Å². The average molecular weight is 268 g/mol. The molecular weight excluding hydrogens is 259 g/mol. The first-order valence-corrected chi connectivity index (χ1v) is 4.83. The minimum Gasteiger partial charge on any atom is -0.477 e. The Morgan fingerprint density at radius 1 is 1.62 bits per heavy atom. The number of ether oxygens (including phenoxy) is 1. The second-order valence-corrected chi connectivity index (χ2v) is 3.41. The van der Waals surface area contributed by atoms with E-state index >= 15 is 0 Å². The van der Waals surface area contributed by atoms with Gasteiger partial charge in [-0.05, 0) is 27.5 Å². The topological polar surface area (TPSA) is 55.2 Å². The Hall–Kier alpha value is -0.390. The summed E-state index contributed by atoms with van der Waals surface area (Å²) in [5.74, 6) is 0.397. The fourth-order valence-corrected chi connectivity index (χ4v) is 1.10. The van der Waals surface area contributed by atoms with E-state index in [0.717, 1.165) is 0 Å². The van der Waals surface area contributed by atoms with Crippen molar-refractivity contribution in [2.75, 3.05) is 13.2 Å². The van der Waals surface area contributed by atoms with Crippen molar-refractivity contribution in [3.8, 4) is 5.88 Å². The van der Waals surface area contributed by atoms with Crippen LogP contribution in [0.3, 0.4) is 0 Å². The van der Waals surface area contributed by atoms with Crippen molar-refractivity contribution in [1.82, 2.24) is 9.97 Å². The van der Waals surface area contributed by atoms with Crippen molar-refractivity contribution >= 4 is 27.5 Å². The molecule has 72 valence electrons. The number of aromatic nitrogens is 2. The van der Waals surface area contributed by atoms with Crippen LogP contribution in [0.1, 0.15) is 6.42 Å². The van der Waals surface area contributed by atoms with E-state index in [1.165, 1.54) is 6.20 Å². The van der Waals surface area contributed by atoms with Crippen LogP contribution in [-0.4, -0.2) is 28.3 Å². The molecule has 0 radical (unpaired) electrons. The lowest BCUT2D eigenvalue weighted by Gasteiger charge is -2.05.